The average molecular weight is 394 g/mol. The zero-order valence-electron chi connectivity index (χ0n) is 12.5. The summed E-state index contributed by atoms with van der Waals surface area (Å²) in [5.41, 5.74) is 0.196. The Hall–Kier alpha value is -1.84. The predicted molar refractivity (Wildman–Crippen MR) is 79.3 cm³/mol. The van der Waals surface area contributed by atoms with Gasteiger partial charge in [-0.3, -0.25) is 14.2 Å². The second-order valence-corrected chi connectivity index (χ2v) is 5.81. The lowest BCUT2D eigenvalue weighted by Gasteiger charge is -2.06. The Balaban J connectivity index is 1.91. The van der Waals surface area contributed by atoms with E-state index in [4.69, 9.17) is 0 Å². The van der Waals surface area contributed by atoms with Crippen LogP contribution in [0, 0.1) is 6.92 Å². The van der Waals surface area contributed by atoms with Gasteiger partial charge in [0.2, 0.25) is 5.91 Å². The summed E-state index contributed by atoms with van der Waals surface area (Å²) < 4.78 is 41.0. The number of carbonyl (C=O) groups is 1. The number of aromatic nitrogens is 4. The fourth-order valence-corrected chi connectivity index (χ4v) is 2.49. The molecule has 0 spiro atoms. The summed E-state index contributed by atoms with van der Waals surface area (Å²) >= 11 is 2.89. The Kier molecular flexibility index (Phi) is 5.12. The Labute approximate surface area is 138 Å². The van der Waals surface area contributed by atoms with E-state index in [2.05, 4.69) is 31.4 Å². The maximum absolute atomic E-state index is 12.8. The number of halogens is 4. The minimum absolute atomic E-state index is 0.0342. The third-order valence-corrected chi connectivity index (χ3v) is 4.15. The van der Waals surface area contributed by atoms with E-state index >= 15 is 0 Å². The Morgan fingerprint density at radius 3 is 2.65 bits per heavy atom. The molecule has 0 aliphatic heterocycles. The van der Waals surface area contributed by atoms with E-state index in [9.17, 15) is 18.0 Å². The molecule has 0 saturated heterocycles. The number of aryl methyl sites for hydroxylation is 2. The van der Waals surface area contributed by atoms with Crippen molar-refractivity contribution in [3.8, 4) is 0 Å². The first-order valence-corrected chi connectivity index (χ1v) is 7.52. The molecule has 0 aromatic carbocycles. The SMILES string of the molecule is Cc1c(Br)c(C(F)(F)F)nn1CCC(=O)NCc1cnn(C)c1. The summed E-state index contributed by atoms with van der Waals surface area (Å²) in [7, 11) is 1.77. The molecule has 0 atom stereocenters. The first-order chi connectivity index (χ1) is 10.7. The smallest absolute Gasteiger partial charge is 0.352 e. The lowest BCUT2D eigenvalue weighted by Crippen LogP contribution is -2.24. The third kappa shape index (κ3) is 4.34. The Morgan fingerprint density at radius 2 is 2.13 bits per heavy atom. The van der Waals surface area contributed by atoms with Crippen LogP contribution >= 0.6 is 15.9 Å². The molecule has 10 heteroatoms. The van der Waals surface area contributed by atoms with Crippen LogP contribution in [-0.2, 0) is 31.1 Å². The summed E-state index contributed by atoms with van der Waals surface area (Å²) in [5.74, 6) is -0.270. The van der Waals surface area contributed by atoms with Crippen LogP contribution in [0.5, 0.6) is 0 Å². The van der Waals surface area contributed by atoms with Gasteiger partial charge < -0.3 is 5.32 Å². The first kappa shape index (κ1) is 17.5. The Morgan fingerprint density at radius 1 is 1.43 bits per heavy atom. The highest BCUT2D eigenvalue weighted by Gasteiger charge is 2.37. The van der Waals surface area contributed by atoms with Crippen molar-refractivity contribution < 1.29 is 18.0 Å². The summed E-state index contributed by atoms with van der Waals surface area (Å²) in [6.45, 7) is 1.90. The molecule has 0 aliphatic carbocycles. The predicted octanol–water partition coefficient (Wildman–Crippen LogP) is 2.41. The maximum Gasteiger partial charge on any atom is 0.436 e. The molecule has 0 bridgehead atoms. The highest BCUT2D eigenvalue weighted by atomic mass is 79.9. The van der Waals surface area contributed by atoms with Crippen molar-refractivity contribution in [1.82, 2.24) is 24.9 Å². The van der Waals surface area contributed by atoms with E-state index in [1.807, 2.05) is 0 Å². The zero-order chi connectivity index (χ0) is 17.2. The highest BCUT2D eigenvalue weighted by Crippen LogP contribution is 2.35. The summed E-state index contributed by atoms with van der Waals surface area (Å²) in [4.78, 5) is 11.8. The van der Waals surface area contributed by atoms with Gasteiger partial charge in [-0.15, -0.1) is 0 Å². The van der Waals surface area contributed by atoms with Gasteiger partial charge in [-0.2, -0.15) is 23.4 Å². The van der Waals surface area contributed by atoms with Crippen molar-refractivity contribution in [1.29, 1.82) is 0 Å². The standard InChI is InChI=1S/C13H15BrF3N5O/c1-8-11(14)12(13(15,16)17)20-22(8)4-3-10(23)18-5-9-6-19-21(2)7-9/h6-7H,3-5H2,1-2H3,(H,18,23). The molecule has 0 aliphatic rings. The van der Waals surface area contributed by atoms with Gasteiger partial charge in [0.05, 0.1) is 22.9 Å². The van der Waals surface area contributed by atoms with Crippen LogP contribution in [-0.4, -0.2) is 25.5 Å². The van der Waals surface area contributed by atoms with Gasteiger partial charge in [0.1, 0.15) is 0 Å². The molecule has 0 unspecified atom stereocenters. The van der Waals surface area contributed by atoms with Gasteiger partial charge in [-0.25, -0.2) is 0 Å². The maximum atomic E-state index is 12.8. The third-order valence-electron chi connectivity index (χ3n) is 3.20. The summed E-state index contributed by atoms with van der Waals surface area (Å²) in [5, 5.41) is 10.2. The minimum atomic E-state index is -4.53. The normalized spacial score (nSPS) is 11.7. The van der Waals surface area contributed by atoms with E-state index in [0.29, 0.717) is 12.2 Å². The molecular formula is C13H15BrF3N5O. The molecule has 0 fully saturated rings. The van der Waals surface area contributed by atoms with Crippen molar-refractivity contribution >= 4 is 21.8 Å². The van der Waals surface area contributed by atoms with Crippen molar-refractivity contribution in [2.45, 2.75) is 32.6 Å². The van der Waals surface area contributed by atoms with Crippen LogP contribution in [0.15, 0.2) is 16.9 Å². The topological polar surface area (TPSA) is 64.7 Å². The van der Waals surface area contributed by atoms with E-state index in [0.717, 1.165) is 5.56 Å². The number of amides is 1. The molecule has 23 heavy (non-hydrogen) atoms. The molecule has 1 amide bonds. The first-order valence-electron chi connectivity index (χ1n) is 6.73. The number of rotatable bonds is 5. The molecule has 0 radical (unpaired) electrons. The lowest BCUT2D eigenvalue weighted by molar-refractivity contribution is -0.142. The second-order valence-electron chi connectivity index (χ2n) is 5.02. The van der Waals surface area contributed by atoms with Crippen molar-refractivity contribution in [3.63, 3.8) is 0 Å². The number of hydrogen-bond donors (Lipinski definition) is 1. The van der Waals surface area contributed by atoms with Crippen LogP contribution in [0.25, 0.3) is 0 Å². The molecule has 2 aromatic heterocycles. The highest BCUT2D eigenvalue weighted by molar-refractivity contribution is 9.10. The molecule has 0 saturated carbocycles. The summed E-state index contributed by atoms with van der Waals surface area (Å²) in [6, 6.07) is 0. The van der Waals surface area contributed by atoms with E-state index in [-0.39, 0.29) is 23.3 Å². The van der Waals surface area contributed by atoms with Gasteiger partial charge in [-0.05, 0) is 22.9 Å². The van der Waals surface area contributed by atoms with Crippen LogP contribution in [0.2, 0.25) is 0 Å². The molecule has 2 heterocycles. The number of nitrogens with zero attached hydrogens (tertiary/aromatic N) is 4. The van der Waals surface area contributed by atoms with Gasteiger partial charge in [0, 0.05) is 31.8 Å². The fourth-order valence-electron chi connectivity index (χ4n) is 1.98. The Bertz CT molecular complexity index is 707. The van der Waals surface area contributed by atoms with Crippen LogP contribution in [0.4, 0.5) is 13.2 Å². The van der Waals surface area contributed by atoms with Crippen molar-refractivity contribution in [3.05, 3.63) is 33.8 Å². The second kappa shape index (κ2) is 6.73. The molecular weight excluding hydrogens is 379 g/mol. The van der Waals surface area contributed by atoms with Gasteiger partial charge in [-0.1, -0.05) is 0 Å². The van der Waals surface area contributed by atoms with Crippen molar-refractivity contribution in [2.75, 3.05) is 0 Å². The van der Waals surface area contributed by atoms with Gasteiger partial charge in [0.25, 0.3) is 0 Å². The van der Waals surface area contributed by atoms with E-state index in [1.165, 1.54) is 11.6 Å². The van der Waals surface area contributed by atoms with Crippen LogP contribution < -0.4 is 5.32 Å². The molecule has 2 rings (SSSR count). The minimum Gasteiger partial charge on any atom is -0.352 e. The quantitative estimate of drug-likeness (QED) is 0.848. The largest absolute Gasteiger partial charge is 0.436 e. The average Bonchev–Trinajstić information content (AvgIpc) is 2.99. The number of carbonyl (C=O) groups excluding carboxylic acids is 1. The van der Waals surface area contributed by atoms with Crippen LogP contribution in [0.1, 0.15) is 23.4 Å². The monoisotopic (exact) mass is 393 g/mol. The number of nitrogens with one attached hydrogen (secondary N) is 1. The van der Waals surface area contributed by atoms with Crippen LogP contribution in [0.3, 0.4) is 0 Å². The summed E-state index contributed by atoms with van der Waals surface area (Å²) in [6.07, 6.45) is -1.10. The van der Waals surface area contributed by atoms with Gasteiger partial charge in [0.15, 0.2) is 5.69 Å². The molecule has 6 nitrogen and oxygen atoms in total. The zero-order valence-corrected chi connectivity index (χ0v) is 14.1. The molecule has 2 aromatic rings. The lowest BCUT2D eigenvalue weighted by atomic mass is 10.3. The fraction of sp³-hybridized carbons (Fsp3) is 0.462. The van der Waals surface area contributed by atoms with Crippen molar-refractivity contribution in [2.24, 2.45) is 7.05 Å². The molecule has 1 N–H and O–H groups in total. The number of hydrogen-bond acceptors (Lipinski definition) is 3. The van der Waals surface area contributed by atoms with E-state index < -0.39 is 11.9 Å². The van der Waals surface area contributed by atoms with Gasteiger partial charge >= 0.3 is 6.18 Å². The van der Waals surface area contributed by atoms with E-state index in [1.54, 1.807) is 24.1 Å². The number of alkyl halides is 3. The molecule has 126 valence electrons.